The van der Waals surface area contributed by atoms with Gasteiger partial charge in [-0.15, -0.1) is 0 Å². The number of hydrogen-bond donors (Lipinski definition) is 0. The Morgan fingerprint density at radius 1 is 0.625 bits per heavy atom. The normalized spacial score (nSPS) is 10.8. The van der Waals surface area contributed by atoms with Crippen molar-refractivity contribution in [2.75, 3.05) is 0 Å². The summed E-state index contributed by atoms with van der Waals surface area (Å²) >= 11 is 0. The number of ether oxygens (including phenoxy) is 2. The molecule has 0 radical (unpaired) electrons. The fraction of sp³-hybridized carbons (Fsp3) is 0.714. The second kappa shape index (κ2) is 18.7. The van der Waals surface area contributed by atoms with Crippen molar-refractivity contribution in [2.24, 2.45) is 0 Å². The third-order valence-electron chi connectivity index (χ3n) is 5.77. The van der Waals surface area contributed by atoms with Crippen molar-refractivity contribution < 1.29 is 19.1 Å². The van der Waals surface area contributed by atoms with E-state index in [2.05, 4.69) is 20.8 Å². The summed E-state index contributed by atoms with van der Waals surface area (Å²) in [4.78, 5) is 24.9. The van der Waals surface area contributed by atoms with E-state index in [1.165, 1.54) is 25.7 Å². The molecule has 0 saturated heterocycles. The predicted molar refractivity (Wildman–Crippen MR) is 132 cm³/mol. The smallest absolute Gasteiger partial charge is 0.311 e. The van der Waals surface area contributed by atoms with Gasteiger partial charge in [-0.3, -0.25) is 9.59 Å². The minimum atomic E-state index is -0.252. The first-order valence-corrected chi connectivity index (χ1v) is 13.2. The van der Waals surface area contributed by atoms with Gasteiger partial charge in [-0.1, -0.05) is 104 Å². The Balaban J connectivity index is 2.77. The molecule has 4 heteroatoms. The third-order valence-corrected chi connectivity index (χ3v) is 5.77. The molecule has 0 aromatic heterocycles. The van der Waals surface area contributed by atoms with E-state index in [4.69, 9.17) is 9.47 Å². The van der Waals surface area contributed by atoms with Gasteiger partial charge in [0.05, 0.1) is 0 Å². The maximum atomic E-state index is 12.5. The summed E-state index contributed by atoms with van der Waals surface area (Å²) in [5.41, 5.74) is 0.957. The van der Waals surface area contributed by atoms with Crippen molar-refractivity contribution in [3.05, 3.63) is 23.8 Å². The van der Waals surface area contributed by atoms with Crippen LogP contribution < -0.4 is 9.47 Å². The second-order valence-corrected chi connectivity index (χ2v) is 8.83. The van der Waals surface area contributed by atoms with Gasteiger partial charge in [0.2, 0.25) is 0 Å². The molecular weight excluding hydrogens is 400 g/mol. The SMILES string of the molecule is CCCCCCCCc1cccc(OC(=O)CCCCCC)c1OC(=O)CCCCCC. The first-order valence-electron chi connectivity index (χ1n) is 13.2. The standard InChI is InChI=1S/C28H46O4/c1-4-7-10-13-14-15-19-24-20-18-21-25(31-26(29)22-16-11-8-5-2)28(24)32-27(30)23-17-12-9-6-3/h18,20-21H,4-17,19,22-23H2,1-3H3. The zero-order valence-corrected chi connectivity index (χ0v) is 20.9. The summed E-state index contributed by atoms with van der Waals surface area (Å²) in [5, 5.41) is 0. The van der Waals surface area contributed by atoms with Crippen LogP contribution in [0.1, 0.15) is 129 Å². The highest BCUT2D eigenvalue weighted by Crippen LogP contribution is 2.33. The van der Waals surface area contributed by atoms with E-state index in [9.17, 15) is 9.59 Å². The molecule has 0 bridgehead atoms. The van der Waals surface area contributed by atoms with Crippen LogP contribution in [0.25, 0.3) is 0 Å². The van der Waals surface area contributed by atoms with Crippen LogP contribution in [0.15, 0.2) is 18.2 Å². The molecule has 0 amide bonds. The van der Waals surface area contributed by atoms with Crippen LogP contribution >= 0.6 is 0 Å². The quantitative estimate of drug-likeness (QED) is 0.122. The topological polar surface area (TPSA) is 52.6 Å². The molecule has 0 fully saturated rings. The molecule has 4 nitrogen and oxygen atoms in total. The van der Waals surface area contributed by atoms with E-state index < -0.39 is 0 Å². The number of unbranched alkanes of at least 4 members (excludes halogenated alkanes) is 11. The number of benzene rings is 1. The van der Waals surface area contributed by atoms with E-state index in [0.29, 0.717) is 24.3 Å². The van der Waals surface area contributed by atoms with E-state index >= 15 is 0 Å². The Morgan fingerprint density at radius 2 is 1.12 bits per heavy atom. The summed E-state index contributed by atoms with van der Waals surface area (Å²) < 4.78 is 11.4. The molecule has 0 aliphatic carbocycles. The van der Waals surface area contributed by atoms with Gasteiger partial charge < -0.3 is 9.47 Å². The van der Waals surface area contributed by atoms with Crippen molar-refractivity contribution in [1.29, 1.82) is 0 Å². The number of hydrogen-bond acceptors (Lipinski definition) is 4. The maximum absolute atomic E-state index is 12.5. The molecular formula is C28H46O4. The van der Waals surface area contributed by atoms with Gasteiger partial charge in [0.25, 0.3) is 0 Å². The van der Waals surface area contributed by atoms with E-state index in [1.54, 1.807) is 6.07 Å². The fourth-order valence-electron chi connectivity index (χ4n) is 3.78. The van der Waals surface area contributed by atoms with E-state index in [0.717, 1.165) is 76.2 Å². The summed E-state index contributed by atoms with van der Waals surface area (Å²) in [7, 11) is 0. The van der Waals surface area contributed by atoms with E-state index in [1.807, 2.05) is 12.1 Å². The highest BCUT2D eigenvalue weighted by molar-refractivity contribution is 5.76. The lowest BCUT2D eigenvalue weighted by atomic mass is 10.0. The van der Waals surface area contributed by atoms with Crippen LogP contribution in [-0.2, 0) is 16.0 Å². The van der Waals surface area contributed by atoms with Crippen LogP contribution in [0.2, 0.25) is 0 Å². The molecule has 1 rings (SSSR count). The Kier molecular flexibility index (Phi) is 16.5. The van der Waals surface area contributed by atoms with Gasteiger partial charge in [0, 0.05) is 12.8 Å². The summed E-state index contributed by atoms with van der Waals surface area (Å²) in [6.45, 7) is 6.52. The Labute approximate surface area is 196 Å². The lowest BCUT2D eigenvalue weighted by Crippen LogP contribution is -2.13. The molecule has 0 N–H and O–H groups in total. The first-order chi connectivity index (χ1) is 15.6. The molecule has 0 atom stereocenters. The lowest BCUT2D eigenvalue weighted by molar-refractivity contribution is -0.137. The second-order valence-electron chi connectivity index (χ2n) is 8.83. The molecule has 0 aliphatic rings. The van der Waals surface area contributed by atoms with E-state index in [-0.39, 0.29) is 11.9 Å². The van der Waals surface area contributed by atoms with Crippen molar-refractivity contribution >= 4 is 11.9 Å². The van der Waals surface area contributed by atoms with Crippen molar-refractivity contribution in [2.45, 2.75) is 130 Å². The molecule has 1 aromatic carbocycles. The summed E-state index contributed by atoms with van der Waals surface area (Å²) in [5.74, 6) is 0.342. The number of carbonyl (C=O) groups excluding carboxylic acids is 2. The van der Waals surface area contributed by atoms with Crippen LogP contribution in [0, 0.1) is 0 Å². The van der Waals surface area contributed by atoms with Gasteiger partial charge in [0.15, 0.2) is 11.5 Å². The number of para-hydroxylation sites is 1. The molecule has 182 valence electrons. The molecule has 1 aromatic rings. The Hall–Kier alpha value is -1.84. The largest absolute Gasteiger partial charge is 0.423 e. The Bertz CT molecular complexity index is 638. The van der Waals surface area contributed by atoms with Gasteiger partial charge in [-0.25, -0.2) is 0 Å². The molecule has 0 aliphatic heterocycles. The molecule has 32 heavy (non-hydrogen) atoms. The minimum absolute atomic E-state index is 0.239. The minimum Gasteiger partial charge on any atom is -0.423 e. The van der Waals surface area contributed by atoms with Crippen molar-refractivity contribution in [1.82, 2.24) is 0 Å². The van der Waals surface area contributed by atoms with Crippen molar-refractivity contribution in [3.63, 3.8) is 0 Å². The van der Waals surface area contributed by atoms with Crippen molar-refractivity contribution in [3.8, 4) is 11.5 Å². The predicted octanol–water partition coefficient (Wildman–Crippen LogP) is 8.34. The molecule has 0 unspecified atom stereocenters. The van der Waals surface area contributed by atoms with Crippen LogP contribution in [-0.4, -0.2) is 11.9 Å². The number of carbonyl (C=O) groups is 2. The molecule has 0 saturated carbocycles. The summed E-state index contributed by atoms with van der Waals surface area (Å²) in [6.07, 6.45) is 17.1. The average Bonchev–Trinajstić information content (AvgIpc) is 2.78. The fourth-order valence-corrected chi connectivity index (χ4v) is 3.78. The Morgan fingerprint density at radius 3 is 1.72 bits per heavy atom. The maximum Gasteiger partial charge on any atom is 0.311 e. The van der Waals surface area contributed by atoms with Crippen LogP contribution in [0.4, 0.5) is 0 Å². The number of esters is 2. The third kappa shape index (κ3) is 12.9. The average molecular weight is 447 g/mol. The molecule has 0 heterocycles. The lowest BCUT2D eigenvalue weighted by Gasteiger charge is -2.15. The van der Waals surface area contributed by atoms with Crippen LogP contribution in [0.5, 0.6) is 11.5 Å². The highest BCUT2D eigenvalue weighted by Gasteiger charge is 2.17. The van der Waals surface area contributed by atoms with Crippen LogP contribution in [0.3, 0.4) is 0 Å². The zero-order valence-electron chi connectivity index (χ0n) is 20.9. The monoisotopic (exact) mass is 446 g/mol. The first kappa shape index (κ1) is 28.2. The molecule has 0 spiro atoms. The zero-order chi connectivity index (χ0) is 23.4. The van der Waals surface area contributed by atoms with Gasteiger partial charge in [0.1, 0.15) is 0 Å². The van der Waals surface area contributed by atoms with Gasteiger partial charge >= 0.3 is 11.9 Å². The number of aryl methyl sites for hydroxylation is 1. The highest BCUT2D eigenvalue weighted by atomic mass is 16.6. The summed E-state index contributed by atoms with van der Waals surface area (Å²) in [6, 6.07) is 5.63. The van der Waals surface area contributed by atoms with Gasteiger partial charge in [-0.2, -0.15) is 0 Å². The number of rotatable bonds is 19. The van der Waals surface area contributed by atoms with Gasteiger partial charge in [-0.05, 0) is 37.3 Å².